The van der Waals surface area contributed by atoms with Gasteiger partial charge in [0.1, 0.15) is 5.75 Å². The van der Waals surface area contributed by atoms with Crippen molar-refractivity contribution in [3.8, 4) is 34.5 Å². The maximum absolute atomic E-state index is 11.1. The van der Waals surface area contributed by atoms with E-state index in [2.05, 4.69) is 0 Å². The van der Waals surface area contributed by atoms with E-state index in [1.807, 2.05) is 53.7 Å². The highest BCUT2D eigenvalue weighted by atomic mass is 16.5. The molecule has 0 radical (unpaired) electrons. The molecular formula is C25H36O7. The van der Waals surface area contributed by atoms with Crippen molar-refractivity contribution in [2.24, 2.45) is 0 Å². The lowest BCUT2D eigenvalue weighted by Gasteiger charge is -2.35. The molecule has 2 aromatic carbocycles. The van der Waals surface area contributed by atoms with E-state index in [1.54, 1.807) is 12.1 Å². The van der Waals surface area contributed by atoms with Crippen molar-refractivity contribution >= 4 is 0 Å². The van der Waals surface area contributed by atoms with Gasteiger partial charge in [0.25, 0.3) is 0 Å². The Morgan fingerprint density at radius 1 is 0.656 bits per heavy atom. The summed E-state index contributed by atoms with van der Waals surface area (Å²) in [7, 11) is 0. The summed E-state index contributed by atoms with van der Waals surface area (Å²) in [5, 5.41) is 20.9. The third-order valence-corrected chi connectivity index (χ3v) is 5.10. The highest BCUT2D eigenvalue weighted by molar-refractivity contribution is 5.73. The second kappa shape index (κ2) is 11.7. The predicted molar refractivity (Wildman–Crippen MR) is 124 cm³/mol. The number of phenolic OH excluding ortho intramolecular Hbond substituents is 2. The van der Waals surface area contributed by atoms with Crippen molar-refractivity contribution in [2.75, 3.05) is 39.6 Å². The van der Waals surface area contributed by atoms with Crippen molar-refractivity contribution in [1.29, 1.82) is 0 Å². The number of aromatic hydroxyl groups is 2. The minimum atomic E-state index is -0.774. The van der Waals surface area contributed by atoms with Crippen molar-refractivity contribution in [1.82, 2.24) is 0 Å². The minimum Gasteiger partial charge on any atom is -0.508 e. The summed E-state index contributed by atoms with van der Waals surface area (Å²) >= 11 is 0. The molecule has 0 heterocycles. The molecule has 178 valence electrons. The van der Waals surface area contributed by atoms with Gasteiger partial charge in [-0.3, -0.25) is 0 Å². The number of benzene rings is 2. The van der Waals surface area contributed by atoms with Crippen LogP contribution >= 0.6 is 0 Å². The molecule has 0 bridgehead atoms. The normalized spacial score (nSPS) is 12.8. The Hall–Kier alpha value is -2.80. The van der Waals surface area contributed by atoms with Gasteiger partial charge in [0.2, 0.25) is 17.2 Å². The second-order valence-electron chi connectivity index (χ2n) is 7.29. The number of rotatable bonds is 13. The Bertz CT molecular complexity index is 827. The van der Waals surface area contributed by atoms with Gasteiger partial charge in [0, 0.05) is 12.0 Å². The fraction of sp³-hybridized carbons (Fsp3) is 0.520. The van der Waals surface area contributed by atoms with Gasteiger partial charge in [-0.1, -0.05) is 12.1 Å². The highest BCUT2D eigenvalue weighted by Crippen LogP contribution is 2.58. The molecule has 2 aromatic rings. The van der Waals surface area contributed by atoms with Crippen LogP contribution in [0.3, 0.4) is 0 Å². The molecular weight excluding hydrogens is 412 g/mol. The third-order valence-electron chi connectivity index (χ3n) is 5.10. The molecule has 0 aromatic heterocycles. The first-order chi connectivity index (χ1) is 15.4. The SMILES string of the molecule is CCOCC(C)(c1ccc(O)cc1)c1c(OCC)c(OCC)c(O)c(OCC)c1OCC. The first-order valence-corrected chi connectivity index (χ1v) is 11.2. The van der Waals surface area contributed by atoms with E-state index in [-0.39, 0.29) is 23.0 Å². The molecule has 2 N–H and O–H groups in total. The molecule has 32 heavy (non-hydrogen) atoms. The van der Waals surface area contributed by atoms with E-state index < -0.39 is 5.41 Å². The Morgan fingerprint density at radius 3 is 1.50 bits per heavy atom. The van der Waals surface area contributed by atoms with Crippen LogP contribution in [0.25, 0.3) is 0 Å². The van der Waals surface area contributed by atoms with Gasteiger partial charge in [-0.2, -0.15) is 0 Å². The largest absolute Gasteiger partial charge is 0.508 e. The Kier molecular flexibility index (Phi) is 9.32. The summed E-state index contributed by atoms with van der Waals surface area (Å²) in [6.07, 6.45) is 0. The molecule has 0 saturated carbocycles. The molecule has 7 heteroatoms. The first-order valence-electron chi connectivity index (χ1n) is 11.2. The zero-order valence-electron chi connectivity index (χ0n) is 20.0. The van der Waals surface area contributed by atoms with E-state index in [0.717, 1.165) is 5.56 Å². The summed E-state index contributed by atoms with van der Waals surface area (Å²) < 4.78 is 29.7. The van der Waals surface area contributed by atoms with E-state index in [0.29, 0.717) is 56.7 Å². The Balaban J connectivity index is 3.00. The molecule has 1 atom stereocenters. The van der Waals surface area contributed by atoms with E-state index in [4.69, 9.17) is 23.7 Å². The highest BCUT2D eigenvalue weighted by Gasteiger charge is 2.41. The summed E-state index contributed by atoms with van der Waals surface area (Å²) in [5.41, 5.74) is 0.760. The molecule has 0 spiro atoms. The molecule has 0 amide bonds. The Morgan fingerprint density at radius 2 is 1.09 bits per heavy atom. The molecule has 7 nitrogen and oxygen atoms in total. The van der Waals surface area contributed by atoms with Crippen LogP contribution in [-0.4, -0.2) is 49.9 Å². The average Bonchev–Trinajstić information content (AvgIpc) is 2.78. The van der Waals surface area contributed by atoms with Crippen molar-refractivity contribution in [3.63, 3.8) is 0 Å². The van der Waals surface area contributed by atoms with Crippen LogP contribution in [0.1, 0.15) is 52.7 Å². The summed E-state index contributed by atoms with van der Waals surface area (Å²) in [6.45, 7) is 13.5. The van der Waals surface area contributed by atoms with Gasteiger partial charge in [0.05, 0.1) is 38.6 Å². The maximum atomic E-state index is 11.1. The smallest absolute Gasteiger partial charge is 0.208 e. The van der Waals surface area contributed by atoms with Gasteiger partial charge in [-0.05, 0) is 59.2 Å². The second-order valence-corrected chi connectivity index (χ2v) is 7.29. The summed E-state index contributed by atoms with van der Waals surface area (Å²) in [4.78, 5) is 0. The van der Waals surface area contributed by atoms with Gasteiger partial charge in [0.15, 0.2) is 11.5 Å². The topological polar surface area (TPSA) is 86.6 Å². The fourth-order valence-electron chi connectivity index (χ4n) is 3.71. The average molecular weight is 449 g/mol. The zero-order valence-corrected chi connectivity index (χ0v) is 20.0. The van der Waals surface area contributed by atoms with E-state index in [1.165, 1.54) is 0 Å². The number of ether oxygens (including phenoxy) is 5. The lowest BCUT2D eigenvalue weighted by molar-refractivity contribution is 0.109. The predicted octanol–water partition coefficient (Wildman–Crippen LogP) is 5.04. The molecule has 0 aliphatic heterocycles. The van der Waals surface area contributed by atoms with Gasteiger partial charge < -0.3 is 33.9 Å². The van der Waals surface area contributed by atoms with Crippen LogP contribution < -0.4 is 18.9 Å². The summed E-state index contributed by atoms with van der Waals surface area (Å²) in [6, 6.07) is 6.95. The molecule has 0 saturated heterocycles. The molecule has 1 unspecified atom stereocenters. The van der Waals surface area contributed by atoms with Gasteiger partial charge in [-0.25, -0.2) is 0 Å². The van der Waals surface area contributed by atoms with Gasteiger partial charge in [-0.15, -0.1) is 0 Å². The lowest BCUT2D eigenvalue weighted by atomic mass is 9.75. The lowest BCUT2D eigenvalue weighted by Crippen LogP contribution is -2.32. The molecule has 0 aliphatic rings. The maximum Gasteiger partial charge on any atom is 0.208 e. The van der Waals surface area contributed by atoms with Crippen LogP contribution in [0.5, 0.6) is 34.5 Å². The van der Waals surface area contributed by atoms with Crippen LogP contribution in [0.2, 0.25) is 0 Å². The van der Waals surface area contributed by atoms with Crippen LogP contribution in [0.15, 0.2) is 24.3 Å². The van der Waals surface area contributed by atoms with E-state index in [9.17, 15) is 10.2 Å². The van der Waals surface area contributed by atoms with Crippen molar-refractivity contribution in [2.45, 2.75) is 47.0 Å². The quantitative estimate of drug-likeness (QED) is 0.444. The first kappa shape index (κ1) is 25.5. The number of phenols is 2. The Labute approximate surface area is 190 Å². The minimum absolute atomic E-state index is 0.159. The van der Waals surface area contributed by atoms with Crippen molar-refractivity contribution in [3.05, 3.63) is 35.4 Å². The van der Waals surface area contributed by atoms with Crippen LogP contribution in [0.4, 0.5) is 0 Å². The molecule has 0 aliphatic carbocycles. The van der Waals surface area contributed by atoms with Crippen molar-refractivity contribution < 1.29 is 33.9 Å². The van der Waals surface area contributed by atoms with Gasteiger partial charge >= 0.3 is 0 Å². The molecule has 0 fully saturated rings. The number of hydrogen-bond donors (Lipinski definition) is 2. The van der Waals surface area contributed by atoms with Crippen LogP contribution in [-0.2, 0) is 10.2 Å². The fourth-order valence-corrected chi connectivity index (χ4v) is 3.71. The van der Waals surface area contributed by atoms with Crippen LogP contribution in [0, 0.1) is 0 Å². The standard InChI is InChI=1S/C25H36O7/c1-7-28-16-25(6,17-12-14-18(26)15-13-17)19-21(29-8-2)23(31-10-4)20(27)24(32-11-5)22(19)30-9-3/h12-15,26-27H,7-11,16H2,1-6H3. The summed E-state index contributed by atoms with van der Waals surface area (Å²) in [5.74, 6) is 1.19. The number of hydrogen-bond acceptors (Lipinski definition) is 7. The zero-order chi connectivity index (χ0) is 23.7. The monoisotopic (exact) mass is 448 g/mol. The third kappa shape index (κ3) is 5.15. The molecule has 2 rings (SSSR count). The van der Waals surface area contributed by atoms with E-state index >= 15 is 0 Å².